The zero-order valence-corrected chi connectivity index (χ0v) is 11.2. The normalized spacial score (nSPS) is 33.2. The van der Waals surface area contributed by atoms with Crippen molar-refractivity contribution in [2.24, 2.45) is 5.41 Å². The Morgan fingerprint density at radius 1 is 1.28 bits per heavy atom. The SMILES string of the molecule is CCO[C@@H]1C[C@@H](NC(=O)NC2CC2)C12CCCC2. The van der Waals surface area contributed by atoms with Gasteiger partial charge in [0.1, 0.15) is 0 Å². The lowest BCUT2D eigenvalue weighted by atomic mass is 9.60. The third-order valence-corrected chi connectivity index (χ3v) is 4.91. The minimum Gasteiger partial charge on any atom is -0.378 e. The lowest BCUT2D eigenvalue weighted by Crippen LogP contribution is -2.64. The first kappa shape index (κ1) is 12.3. The molecule has 3 aliphatic carbocycles. The minimum absolute atomic E-state index is 0.0312. The molecule has 1 spiro atoms. The highest BCUT2D eigenvalue weighted by atomic mass is 16.5. The summed E-state index contributed by atoms with van der Waals surface area (Å²) in [6.45, 7) is 2.84. The van der Waals surface area contributed by atoms with Gasteiger partial charge < -0.3 is 15.4 Å². The largest absolute Gasteiger partial charge is 0.378 e. The molecule has 4 heteroatoms. The molecule has 3 aliphatic rings. The van der Waals surface area contributed by atoms with Gasteiger partial charge in [0.15, 0.2) is 0 Å². The molecule has 2 atom stereocenters. The van der Waals surface area contributed by atoms with E-state index in [0.717, 1.165) is 25.9 Å². The predicted octanol–water partition coefficient (Wildman–Crippen LogP) is 2.19. The molecule has 4 nitrogen and oxygen atoms in total. The van der Waals surface area contributed by atoms with Crippen molar-refractivity contribution >= 4 is 6.03 Å². The van der Waals surface area contributed by atoms with Crippen molar-refractivity contribution < 1.29 is 9.53 Å². The average Bonchev–Trinajstić information content (AvgIpc) is 2.98. The number of amides is 2. The van der Waals surface area contributed by atoms with Crippen LogP contribution in [0.3, 0.4) is 0 Å². The molecule has 0 aromatic heterocycles. The number of hydrogen-bond acceptors (Lipinski definition) is 2. The summed E-state index contributed by atoms with van der Waals surface area (Å²) < 4.78 is 5.85. The summed E-state index contributed by atoms with van der Waals surface area (Å²) in [6, 6.07) is 0.798. The first-order valence-corrected chi connectivity index (χ1v) is 7.43. The molecule has 2 amide bonds. The van der Waals surface area contributed by atoms with E-state index in [0.29, 0.717) is 18.2 Å². The predicted molar refractivity (Wildman–Crippen MR) is 69.4 cm³/mol. The van der Waals surface area contributed by atoms with Gasteiger partial charge in [-0.15, -0.1) is 0 Å². The second-order valence-electron chi connectivity index (χ2n) is 6.06. The molecule has 0 heterocycles. The van der Waals surface area contributed by atoms with Crippen LogP contribution in [0.4, 0.5) is 4.79 Å². The van der Waals surface area contributed by atoms with E-state index in [1.165, 1.54) is 25.7 Å². The van der Waals surface area contributed by atoms with E-state index < -0.39 is 0 Å². The molecule has 0 aromatic rings. The Hall–Kier alpha value is -0.770. The second kappa shape index (κ2) is 4.72. The van der Waals surface area contributed by atoms with E-state index in [-0.39, 0.29) is 11.4 Å². The van der Waals surface area contributed by atoms with Gasteiger partial charge in [0.05, 0.1) is 6.10 Å². The Morgan fingerprint density at radius 3 is 2.61 bits per heavy atom. The molecule has 0 aromatic carbocycles. The van der Waals surface area contributed by atoms with Gasteiger partial charge in [-0.3, -0.25) is 0 Å². The molecule has 3 saturated carbocycles. The summed E-state index contributed by atoms with van der Waals surface area (Å²) in [5.41, 5.74) is 0.247. The van der Waals surface area contributed by atoms with E-state index in [9.17, 15) is 4.79 Å². The van der Waals surface area contributed by atoms with Crippen LogP contribution < -0.4 is 10.6 Å². The topological polar surface area (TPSA) is 50.4 Å². The summed E-state index contributed by atoms with van der Waals surface area (Å²) in [4.78, 5) is 11.8. The Labute approximate surface area is 109 Å². The highest BCUT2D eigenvalue weighted by molar-refractivity contribution is 5.75. The monoisotopic (exact) mass is 252 g/mol. The van der Waals surface area contributed by atoms with Gasteiger partial charge in [-0.05, 0) is 39.0 Å². The van der Waals surface area contributed by atoms with Crippen LogP contribution in [0.1, 0.15) is 51.9 Å². The molecule has 0 bridgehead atoms. The number of hydrogen-bond donors (Lipinski definition) is 2. The van der Waals surface area contributed by atoms with E-state index in [2.05, 4.69) is 17.6 Å². The molecular weight excluding hydrogens is 228 g/mol. The summed E-state index contributed by atoms with van der Waals surface area (Å²) in [5, 5.41) is 6.19. The van der Waals surface area contributed by atoms with E-state index in [1.54, 1.807) is 0 Å². The Kier molecular flexibility index (Phi) is 3.22. The van der Waals surface area contributed by atoms with Crippen LogP contribution in [-0.2, 0) is 4.74 Å². The van der Waals surface area contributed by atoms with E-state index in [1.807, 2.05) is 0 Å². The number of urea groups is 1. The van der Waals surface area contributed by atoms with E-state index in [4.69, 9.17) is 4.74 Å². The first-order valence-electron chi connectivity index (χ1n) is 7.43. The van der Waals surface area contributed by atoms with Gasteiger partial charge >= 0.3 is 6.03 Å². The van der Waals surface area contributed by atoms with Crippen molar-refractivity contribution in [1.82, 2.24) is 10.6 Å². The Balaban J connectivity index is 1.57. The standard InChI is InChI=1S/C14H24N2O2/c1-2-18-12-9-11(14(12)7-3-4-8-14)16-13(17)15-10-5-6-10/h10-12H,2-9H2,1H3,(H2,15,16,17)/t11-,12-/m1/s1. The number of nitrogens with one attached hydrogen (secondary N) is 2. The van der Waals surface area contributed by atoms with Gasteiger partial charge in [0.25, 0.3) is 0 Å². The highest BCUT2D eigenvalue weighted by Gasteiger charge is 2.57. The number of carbonyl (C=O) groups excluding carboxylic acids is 1. The number of carbonyl (C=O) groups is 1. The first-order chi connectivity index (χ1) is 8.74. The highest BCUT2D eigenvalue weighted by Crippen LogP contribution is 2.54. The summed E-state index contributed by atoms with van der Waals surface area (Å²) in [5.74, 6) is 0. The fraction of sp³-hybridized carbons (Fsp3) is 0.929. The second-order valence-corrected chi connectivity index (χ2v) is 6.06. The molecule has 2 N–H and O–H groups in total. The van der Waals surface area contributed by atoms with Crippen LogP contribution in [0.5, 0.6) is 0 Å². The quantitative estimate of drug-likeness (QED) is 0.805. The Bertz CT molecular complexity index is 322. The fourth-order valence-electron chi connectivity index (χ4n) is 3.70. The molecule has 3 rings (SSSR count). The van der Waals surface area contributed by atoms with Crippen LogP contribution in [-0.4, -0.2) is 30.8 Å². The third-order valence-electron chi connectivity index (χ3n) is 4.91. The van der Waals surface area contributed by atoms with Crippen molar-refractivity contribution in [3.8, 4) is 0 Å². The van der Waals surface area contributed by atoms with Gasteiger partial charge in [-0.1, -0.05) is 12.8 Å². The van der Waals surface area contributed by atoms with Gasteiger partial charge in [-0.2, -0.15) is 0 Å². The maximum atomic E-state index is 11.8. The summed E-state index contributed by atoms with van der Waals surface area (Å²) in [7, 11) is 0. The van der Waals surface area contributed by atoms with Crippen molar-refractivity contribution in [2.75, 3.05) is 6.61 Å². The fourth-order valence-corrected chi connectivity index (χ4v) is 3.70. The van der Waals surface area contributed by atoms with Crippen molar-refractivity contribution in [2.45, 2.75) is 70.1 Å². The molecule has 0 unspecified atom stereocenters. The molecule has 0 radical (unpaired) electrons. The molecule has 0 aliphatic heterocycles. The number of ether oxygens (including phenoxy) is 1. The van der Waals surface area contributed by atoms with Crippen LogP contribution >= 0.6 is 0 Å². The molecule has 102 valence electrons. The minimum atomic E-state index is 0.0312. The van der Waals surface area contributed by atoms with Crippen molar-refractivity contribution in [1.29, 1.82) is 0 Å². The number of rotatable bonds is 4. The van der Waals surface area contributed by atoms with Crippen LogP contribution in [0.2, 0.25) is 0 Å². The summed E-state index contributed by atoms with van der Waals surface area (Å²) in [6.07, 6.45) is 8.65. The van der Waals surface area contributed by atoms with Crippen molar-refractivity contribution in [3.05, 3.63) is 0 Å². The lowest BCUT2D eigenvalue weighted by Gasteiger charge is -2.53. The average molecular weight is 252 g/mol. The smallest absolute Gasteiger partial charge is 0.315 e. The lowest BCUT2D eigenvalue weighted by molar-refractivity contribution is -0.126. The van der Waals surface area contributed by atoms with Crippen LogP contribution in [0, 0.1) is 5.41 Å². The van der Waals surface area contributed by atoms with Crippen LogP contribution in [0.25, 0.3) is 0 Å². The van der Waals surface area contributed by atoms with E-state index >= 15 is 0 Å². The van der Waals surface area contributed by atoms with Gasteiger partial charge in [-0.25, -0.2) is 4.79 Å². The van der Waals surface area contributed by atoms with Crippen LogP contribution in [0.15, 0.2) is 0 Å². The molecule has 0 saturated heterocycles. The molecule has 18 heavy (non-hydrogen) atoms. The van der Waals surface area contributed by atoms with Gasteiger partial charge in [0, 0.05) is 24.1 Å². The zero-order chi connectivity index (χ0) is 12.6. The molecule has 3 fully saturated rings. The summed E-state index contributed by atoms with van der Waals surface area (Å²) >= 11 is 0. The zero-order valence-electron chi connectivity index (χ0n) is 11.2. The maximum Gasteiger partial charge on any atom is 0.315 e. The van der Waals surface area contributed by atoms with Crippen molar-refractivity contribution in [3.63, 3.8) is 0 Å². The molecular formula is C14H24N2O2. The maximum absolute atomic E-state index is 11.8. The Morgan fingerprint density at radius 2 is 2.00 bits per heavy atom. The van der Waals surface area contributed by atoms with Gasteiger partial charge in [0.2, 0.25) is 0 Å². The third kappa shape index (κ3) is 2.11.